The van der Waals surface area contributed by atoms with Crippen molar-refractivity contribution in [1.29, 1.82) is 5.26 Å². The average molecular weight is 271 g/mol. The Labute approximate surface area is 118 Å². The minimum Gasteiger partial charge on any atom is -0.464 e. The number of aromatic nitrogens is 1. The van der Waals surface area contributed by atoms with Gasteiger partial charge in [-0.25, -0.2) is 4.98 Å². The van der Waals surface area contributed by atoms with Gasteiger partial charge in [-0.15, -0.1) is 0 Å². The molecule has 0 N–H and O–H groups in total. The summed E-state index contributed by atoms with van der Waals surface area (Å²) in [6.45, 7) is 3.77. The smallest absolute Gasteiger partial charge is 0.142 e. The number of anilines is 1. The fraction of sp³-hybridized carbons (Fsp3) is 0.333. The molecule has 2 rings (SSSR count). The van der Waals surface area contributed by atoms with Crippen LogP contribution in [0.5, 0.6) is 0 Å². The zero-order chi connectivity index (χ0) is 14.4. The third kappa shape index (κ3) is 3.59. The Hall–Kier alpha value is -2.32. The summed E-state index contributed by atoms with van der Waals surface area (Å²) in [6.07, 6.45) is 0. The zero-order valence-corrected chi connectivity index (χ0v) is 11.7. The van der Waals surface area contributed by atoms with E-state index in [0.29, 0.717) is 25.4 Å². The molecule has 0 aliphatic carbocycles. The molecule has 0 aliphatic heterocycles. The van der Waals surface area contributed by atoms with Crippen molar-refractivity contribution in [3.63, 3.8) is 0 Å². The van der Waals surface area contributed by atoms with Gasteiger partial charge in [-0.3, -0.25) is 0 Å². The van der Waals surface area contributed by atoms with Gasteiger partial charge in [0.05, 0.1) is 13.2 Å². The number of furan rings is 1. The summed E-state index contributed by atoms with van der Waals surface area (Å²) >= 11 is 0. The molecule has 0 spiro atoms. The molecule has 0 bridgehead atoms. The molecule has 5 nitrogen and oxygen atoms in total. The lowest BCUT2D eigenvalue weighted by Crippen LogP contribution is -2.27. The van der Waals surface area contributed by atoms with Gasteiger partial charge >= 0.3 is 0 Å². The molecule has 0 amide bonds. The van der Waals surface area contributed by atoms with E-state index in [4.69, 9.17) is 14.4 Å². The van der Waals surface area contributed by atoms with E-state index in [1.165, 1.54) is 0 Å². The standard InChI is InChI=1S/C15H17N3O2/c1-12-6-7-14(20-12)11-18(8-9-19-2)15-5-3-4-13(10-16)17-15/h3-7H,8-9,11H2,1-2H3. The summed E-state index contributed by atoms with van der Waals surface area (Å²) in [4.78, 5) is 6.35. The Morgan fingerprint density at radius 1 is 1.35 bits per heavy atom. The van der Waals surface area contributed by atoms with Crippen LogP contribution < -0.4 is 4.90 Å². The number of rotatable bonds is 6. The first-order valence-corrected chi connectivity index (χ1v) is 6.39. The first kappa shape index (κ1) is 14.1. The zero-order valence-electron chi connectivity index (χ0n) is 11.7. The summed E-state index contributed by atoms with van der Waals surface area (Å²) < 4.78 is 10.7. The van der Waals surface area contributed by atoms with Gasteiger partial charge in [0.15, 0.2) is 0 Å². The van der Waals surface area contributed by atoms with Crippen LogP contribution in [0.4, 0.5) is 5.82 Å². The second-order valence-corrected chi connectivity index (χ2v) is 4.42. The summed E-state index contributed by atoms with van der Waals surface area (Å²) in [5.41, 5.74) is 0.403. The first-order valence-electron chi connectivity index (χ1n) is 6.39. The van der Waals surface area contributed by atoms with Crippen LogP contribution >= 0.6 is 0 Å². The fourth-order valence-corrected chi connectivity index (χ4v) is 1.90. The van der Waals surface area contributed by atoms with Crippen LogP contribution in [-0.2, 0) is 11.3 Å². The van der Waals surface area contributed by atoms with Crippen molar-refractivity contribution < 1.29 is 9.15 Å². The number of nitrogens with zero attached hydrogens (tertiary/aromatic N) is 3. The van der Waals surface area contributed by atoms with Crippen molar-refractivity contribution in [2.24, 2.45) is 0 Å². The van der Waals surface area contributed by atoms with Gasteiger partial charge in [-0.05, 0) is 31.2 Å². The fourth-order valence-electron chi connectivity index (χ4n) is 1.90. The molecule has 0 aliphatic rings. The number of hydrogen-bond acceptors (Lipinski definition) is 5. The van der Waals surface area contributed by atoms with Crippen molar-refractivity contribution in [3.8, 4) is 6.07 Å². The molecule has 2 heterocycles. The molecule has 104 valence electrons. The molecule has 20 heavy (non-hydrogen) atoms. The predicted molar refractivity (Wildman–Crippen MR) is 75.3 cm³/mol. The van der Waals surface area contributed by atoms with Crippen LogP contribution in [0.25, 0.3) is 0 Å². The number of nitriles is 1. The molecule has 2 aromatic rings. The molecule has 0 fully saturated rings. The minimum atomic E-state index is 0.403. The lowest BCUT2D eigenvalue weighted by Gasteiger charge is -2.22. The van der Waals surface area contributed by atoms with E-state index in [0.717, 1.165) is 17.3 Å². The van der Waals surface area contributed by atoms with Gasteiger partial charge in [0.1, 0.15) is 29.1 Å². The second-order valence-electron chi connectivity index (χ2n) is 4.42. The maximum absolute atomic E-state index is 8.94. The van der Waals surface area contributed by atoms with E-state index in [-0.39, 0.29) is 0 Å². The van der Waals surface area contributed by atoms with E-state index in [2.05, 4.69) is 11.1 Å². The average Bonchev–Trinajstić information content (AvgIpc) is 2.88. The van der Waals surface area contributed by atoms with Gasteiger partial charge in [-0.1, -0.05) is 6.07 Å². The summed E-state index contributed by atoms with van der Waals surface area (Å²) in [7, 11) is 1.66. The first-order chi connectivity index (χ1) is 9.72. The summed E-state index contributed by atoms with van der Waals surface area (Å²) in [5.74, 6) is 2.49. The molecule has 0 unspecified atom stereocenters. The topological polar surface area (TPSA) is 62.3 Å². The lowest BCUT2D eigenvalue weighted by atomic mass is 10.3. The number of aryl methyl sites for hydroxylation is 1. The van der Waals surface area contributed by atoms with Crippen LogP contribution in [0.3, 0.4) is 0 Å². The Balaban J connectivity index is 2.19. The van der Waals surface area contributed by atoms with Crippen LogP contribution in [0, 0.1) is 18.3 Å². The Bertz CT molecular complexity index is 601. The lowest BCUT2D eigenvalue weighted by molar-refractivity contribution is 0.204. The molecular weight excluding hydrogens is 254 g/mol. The Morgan fingerprint density at radius 3 is 2.85 bits per heavy atom. The largest absolute Gasteiger partial charge is 0.464 e. The number of methoxy groups -OCH3 is 1. The van der Waals surface area contributed by atoms with E-state index in [9.17, 15) is 0 Å². The highest BCUT2D eigenvalue weighted by Gasteiger charge is 2.11. The van der Waals surface area contributed by atoms with E-state index >= 15 is 0 Å². The van der Waals surface area contributed by atoms with Crippen LogP contribution in [-0.4, -0.2) is 25.2 Å². The SMILES string of the molecule is COCCN(Cc1ccc(C)o1)c1cccc(C#N)n1. The van der Waals surface area contributed by atoms with Crippen LogP contribution in [0.2, 0.25) is 0 Å². The highest BCUT2D eigenvalue weighted by Crippen LogP contribution is 2.16. The molecule has 0 saturated carbocycles. The highest BCUT2D eigenvalue weighted by molar-refractivity contribution is 5.41. The van der Waals surface area contributed by atoms with E-state index in [1.54, 1.807) is 13.2 Å². The van der Waals surface area contributed by atoms with Crippen LogP contribution in [0.1, 0.15) is 17.2 Å². The Kier molecular flexibility index (Phi) is 4.75. The van der Waals surface area contributed by atoms with Gasteiger partial charge < -0.3 is 14.1 Å². The maximum atomic E-state index is 8.94. The monoisotopic (exact) mass is 271 g/mol. The predicted octanol–water partition coefficient (Wildman–Crippen LogP) is 2.51. The third-order valence-corrected chi connectivity index (χ3v) is 2.88. The van der Waals surface area contributed by atoms with Crippen molar-refractivity contribution >= 4 is 5.82 Å². The number of hydrogen-bond donors (Lipinski definition) is 0. The molecule has 0 radical (unpaired) electrons. The molecule has 5 heteroatoms. The molecular formula is C15H17N3O2. The van der Waals surface area contributed by atoms with Gasteiger partial charge in [0, 0.05) is 13.7 Å². The van der Waals surface area contributed by atoms with Crippen molar-refractivity contribution in [2.75, 3.05) is 25.2 Å². The van der Waals surface area contributed by atoms with Crippen molar-refractivity contribution in [3.05, 3.63) is 47.5 Å². The molecule has 0 saturated heterocycles. The highest BCUT2D eigenvalue weighted by atomic mass is 16.5. The summed E-state index contributed by atoms with van der Waals surface area (Å²) in [6, 6.07) is 11.3. The number of ether oxygens (including phenoxy) is 1. The normalized spacial score (nSPS) is 10.2. The van der Waals surface area contributed by atoms with Crippen molar-refractivity contribution in [2.45, 2.75) is 13.5 Å². The minimum absolute atomic E-state index is 0.403. The van der Waals surface area contributed by atoms with Gasteiger partial charge in [0.25, 0.3) is 0 Å². The third-order valence-electron chi connectivity index (χ3n) is 2.88. The van der Waals surface area contributed by atoms with Gasteiger partial charge in [-0.2, -0.15) is 5.26 Å². The second kappa shape index (κ2) is 6.73. The van der Waals surface area contributed by atoms with E-state index in [1.807, 2.05) is 36.1 Å². The molecule has 0 atom stereocenters. The van der Waals surface area contributed by atoms with E-state index < -0.39 is 0 Å². The molecule has 2 aromatic heterocycles. The molecule has 0 aromatic carbocycles. The van der Waals surface area contributed by atoms with Crippen molar-refractivity contribution in [1.82, 2.24) is 4.98 Å². The summed E-state index contributed by atoms with van der Waals surface area (Å²) in [5, 5.41) is 8.94. The Morgan fingerprint density at radius 2 is 2.20 bits per heavy atom. The van der Waals surface area contributed by atoms with Crippen LogP contribution in [0.15, 0.2) is 34.7 Å². The quantitative estimate of drug-likeness (QED) is 0.807. The van der Waals surface area contributed by atoms with Gasteiger partial charge in [0.2, 0.25) is 0 Å². The number of pyridine rings is 1. The maximum Gasteiger partial charge on any atom is 0.142 e.